The molecule has 0 aliphatic rings. The van der Waals surface area contributed by atoms with Gasteiger partial charge in [0, 0.05) is 21.8 Å². The molecule has 1 aromatic rings. The lowest BCUT2D eigenvalue weighted by atomic mass is 9.92. The highest BCUT2D eigenvalue weighted by Crippen LogP contribution is 2.31. The van der Waals surface area contributed by atoms with Gasteiger partial charge in [-0.05, 0) is 17.7 Å². The zero-order chi connectivity index (χ0) is 13.0. The van der Waals surface area contributed by atoms with Crippen molar-refractivity contribution < 1.29 is 15.3 Å². The average molecular weight is 300 g/mol. The van der Waals surface area contributed by atoms with E-state index in [2.05, 4.69) is 0 Å². The van der Waals surface area contributed by atoms with Crippen LogP contribution in [0.3, 0.4) is 0 Å². The van der Waals surface area contributed by atoms with Gasteiger partial charge in [-0.1, -0.05) is 29.3 Å². The number of aliphatic hydroxyl groups excluding tert-OH is 3. The molecule has 0 aromatic heterocycles. The molecule has 0 spiro atoms. The highest BCUT2D eigenvalue weighted by atomic mass is 35.5. The Morgan fingerprint density at radius 1 is 1.18 bits per heavy atom. The maximum atomic E-state index is 9.84. The monoisotopic (exact) mass is 298 g/mol. The van der Waals surface area contributed by atoms with Crippen LogP contribution >= 0.6 is 34.8 Å². The molecule has 0 saturated heterocycles. The van der Waals surface area contributed by atoms with Gasteiger partial charge < -0.3 is 15.3 Å². The van der Waals surface area contributed by atoms with E-state index < -0.39 is 24.7 Å². The van der Waals surface area contributed by atoms with E-state index in [0.29, 0.717) is 15.6 Å². The molecule has 3 atom stereocenters. The Hall–Kier alpha value is -0.0300. The molecule has 3 nitrogen and oxygen atoms in total. The smallest absolute Gasteiger partial charge is 0.104 e. The Bertz CT molecular complexity index is 373. The van der Waals surface area contributed by atoms with Crippen molar-refractivity contribution in [2.24, 2.45) is 0 Å². The summed E-state index contributed by atoms with van der Waals surface area (Å²) in [6.45, 7) is -0.542. The summed E-state index contributed by atoms with van der Waals surface area (Å²) >= 11 is 17.5. The first-order valence-electron chi connectivity index (χ1n) is 4.99. The molecule has 0 fully saturated rings. The summed E-state index contributed by atoms with van der Waals surface area (Å²) in [7, 11) is 0. The van der Waals surface area contributed by atoms with Crippen LogP contribution in [0, 0.1) is 0 Å². The molecular weight excluding hydrogens is 286 g/mol. The predicted molar refractivity (Wildman–Crippen MR) is 69.0 cm³/mol. The lowest BCUT2D eigenvalue weighted by Gasteiger charge is -2.25. The third-order valence-corrected chi connectivity index (χ3v) is 3.42. The molecule has 0 saturated carbocycles. The molecule has 6 heteroatoms. The quantitative estimate of drug-likeness (QED) is 0.729. The lowest BCUT2D eigenvalue weighted by molar-refractivity contribution is -0.0239. The van der Waals surface area contributed by atoms with Gasteiger partial charge in [0.2, 0.25) is 0 Å². The van der Waals surface area contributed by atoms with Crippen molar-refractivity contribution >= 4 is 34.8 Å². The number of hydrogen-bond donors (Lipinski definition) is 3. The normalized spacial score (nSPS) is 16.6. The Labute approximate surface area is 115 Å². The first kappa shape index (κ1) is 15.0. The summed E-state index contributed by atoms with van der Waals surface area (Å²) in [6, 6.07) is 4.81. The molecule has 3 N–H and O–H groups in total. The van der Waals surface area contributed by atoms with Gasteiger partial charge in [-0.15, -0.1) is 11.6 Å². The topological polar surface area (TPSA) is 60.7 Å². The fourth-order valence-corrected chi connectivity index (χ4v) is 2.43. The molecule has 1 aromatic carbocycles. The summed E-state index contributed by atoms with van der Waals surface area (Å²) in [5.41, 5.74) is 0.589. The molecule has 0 heterocycles. The number of halogens is 3. The predicted octanol–water partition coefficient (Wildman–Crippen LogP) is 2.03. The Morgan fingerprint density at radius 3 is 2.29 bits per heavy atom. The Kier molecular flexibility index (Phi) is 6.00. The maximum absolute atomic E-state index is 9.84. The fraction of sp³-hybridized carbons (Fsp3) is 0.455. The SMILES string of the molecule is OCC(O)C(O)C(CCl)c1ccc(Cl)cc1Cl. The second-order valence-electron chi connectivity index (χ2n) is 3.67. The number of alkyl halides is 1. The molecule has 17 heavy (non-hydrogen) atoms. The van der Waals surface area contributed by atoms with Crippen LogP contribution in [0.2, 0.25) is 10.0 Å². The van der Waals surface area contributed by atoms with Crippen LogP contribution in [-0.2, 0) is 0 Å². The van der Waals surface area contributed by atoms with Crippen molar-refractivity contribution in [2.45, 2.75) is 18.1 Å². The van der Waals surface area contributed by atoms with Gasteiger partial charge >= 0.3 is 0 Å². The van der Waals surface area contributed by atoms with Crippen LogP contribution in [0.15, 0.2) is 18.2 Å². The van der Waals surface area contributed by atoms with Gasteiger partial charge in [0.05, 0.1) is 12.7 Å². The molecule has 0 radical (unpaired) electrons. The second-order valence-corrected chi connectivity index (χ2v) is 4.82. The van der Waals surface area contributed by atoms with E-state index in [0.717, 1.165) is 0 Å². The minimum atomic E-state index is -1.26. The van der Waals surface area contributed by atoms with Gasteiger partial charge in [-0.25, -0.2) is 0 Å². The van der Waals surface area contributed by atoms with E-state index in [1.54, 1.807) is 12.1 Å². The van der Waals surface area contributed by atoms with Crippen LogP contribution in [0.4, 0.5) is 0 Å². The first-order valence-corrected chi connectivity index (χ1v) is 6.28. The molecule has 0 bridgehead atoms. The molecule has 3 unspecified atom stereocenters. The summed E-state index contributed by atoms with van der Waals surface area (Å²) in [4.78, 5) is 0. The van der Waals surface area contributed by atoms with Gasteiger partial charge in [0.1, 0.15) is 6.10 Å². The molecular formula is C11H13Cl3O3. The van der Waals surface area contributed by atoms with Crippen LogP contribution in [-0.4, -0.2) is 40.0 Å². The summed E-state index contributed by atoms with van der Waals surface area (Å²) in [6.07, 6.45) is -2.44. The number of benzene rings is 1. The largest absolute Gasteiger partial charge is 0.394 e. The van der Waals surface area contributed by atoms with Gasteiger partial charge in [-0.3, -0.25) is 0 Å². The highest BCUT2D eigenvalue weighted by Gasteiger charge is 2.28. The van der Waals surface area contributed by atoms with Crippen LogP contribution < -0.4 is 0 Å². The van der Waals surface area contributed by atoms with Crippen molar-refractivity contribution in [1.29, 1.82) is 0 Å². The van der Waals surface area contributed by atoms with Crippen molar-refractivity contribution in [2.75, 3.05) is 12.5 Å². The van der Waals surface area contributed by atoms with E-state index in [-0.39, 0.29) is 5.88 Å². The average Bonchev–Trinajstić information content (AvgIpc) is 2.31. The maximum Gasteiger partial charge on any atom is 0.104 e. The summed E-state index contributed by atoms with van der Waals surface area (Å²) < 4.78 is 0. The van der Waals surface area contributed by atoms with E-state index >= 15 is 0 Å². The van der Waals surface area contributed by atoms with Gasteiger partial charge in [0.15, 0.2) is 0 Å². The number of rotatable bonds is 5. The van der Waals surface area contributed by atoms with Gasteiger partial charge in [-0.2, -0.15) is 0 Å². The molecule has 1 rings (SSSR count). The fourth-order valence-electron chi connectivity index (χ4n) is 1.54. The zero-order valence-corrected chi connectivity index (χ0v) is 11.1. The van der Waals surface area contributed by atoms with Crippen molar-refractivity contribution in [3.63, 3.8) is 0 Å². The van der Waals surface area contributed by atoms with Crippen molar-refractivity contribution in [3.05, 3.63) is 33.8 Å². The van der Waals surface area contributed by atoms with E-state index in [9.17, 15) is 10.2 Å². The minimum absolute atomic E-state index is 0.0690. The molecule has 0 amide bonds. The Balaban J connectivity index is 3.01. The second kappa shape index (κ2) is 6.78. The lowest BCUT2D eigenvalue weighted by Crippen LogP contribution is -2.35. The molecule has 96 valence electrons. The molecule has 0 aliphatic carbocycles. The van der Waals surface area contributed by atoms with E-state index in [4.69, 9.17) is 39.9 Å². The van der Waals surface area contributed by atoms with Crippen LogP contribution in [0.5, 0.6) is 0 Å². The highest BCUT2D eigenvalue weighted by molar-refractivity contribution is 6.35. The van der Waals surface area contributed by atoms with E-state index in [1.165, 1.54) is 6.07 Å². The van der Waals surface area contributed by atoms with E-state index in [1.807, 2.05) is 0 Å². The number of hydrogen-bond acceptors (Lipinski definition) is 3. The standard InChI is InChI=1S/C11H13Cl3O3/c12-4-8(11(17)10(16)5-15)7-2-1-6(13)3-9(7)14/h1-3,8,10-11,15-17H,4-5H2. The zero-order valence-electron chi connectivity index (χ0n) is 8.85. The van der Waals surface area contributed by atoms with Crippen molar-refractivity contribution in [1.82, 2.24) is 0 Å². The van der Waals surface area contributed by atoms with Crippen LogP contribution in [0.1, 0.15) is 11.5 Å². The first-order chi connectivity index (χ1) is 8.01. The molecule has 0 aliphatic heterocycles. The number of aliphatic hydroxyl groups is 3. The van der Waals surface area contributed by atoms with Crippen molar-refractivity contribution in [3.8, 4) is 0 Å². The third kappa shape index (κ3) is 3.71. The minimum Gasteiger partial charge on any atom is -0.394 e. The van der Waals surface area contributed by atoms with Gasteiger partial charge in [0.25, 0.3) is 0 Å². The Morgan fingerprint density at radius 2 is 1.82 bits per heavy atom. The summed E-state index contributed by atoms with van der Waals surface area (Å²) in [5, 5.41) is 28.9. The van der Waals surface area contributed by atoms with Crippen LogP contribution in [0.25, 0.3) is 0 Å². The summed E-state index contributed by atoms with van der Waals surface area (Å²) in [5.74, 6) is -0.497. The third-order valence-electron chi connectivity index (χ3n) is 2.52.